The summed E-state index contributed by atoms with van der Waals surface area (Å²) in [6.45, 7) is 0. The van der Waals surface area contributed by atoms with Gasteiger partial charge in [0.05, 0.1) is 4.91 Å². The zero-order chi connectivity index (χ0) is 9.97. The van der Waals surface area contributed by atoms with Crippen molar-refractivity contribution in [1.82, 2.24) is 0 Å². The molecule has 0 bridgehead atoms. The zero-order valence-corrected chi connectivity index (χ0v) is 8.90. The molecule has 0 spiro atoms. The number of hydrogen-bond acceptors (Lipinski definition) is 4. The SMILES string of the molecule is NC1=NC(=O)C(=CCc2cccs2)S1. The fourth-order valence-corrected chi connectivity index (χ4v) is 2.41. The molecule has 0 atom stereocenters. The predicted molar refractivity (Wildman–Crippen MR) is 60.3 cm³/mol. The van der Waals surface area contributed by atoms with E-state index in [0.29, 0.717) is 10.1 Å². The van der Waals surface area contributed by atoms with Crippen LogP contribution in [-0.2, 0) is 11.2 Å². The van der Waals surface area contributed by atoms with E-state index in [4.69, 9.17) is 5.73 Å². The largest absolute Gasteiger partial charge is 0.378 e. The first-order valence-corrected chi connectivity index (χ1v) is 5.74. The fourth-order valence-electron chi connectivity index (χ4n) is 1.09. The maximum Gasteiger partial charge on any atom is 0.285 e. The Labute approximate surface area is 89.7 Å². The second-order valence-corrected chi connectivity index (χ2v) is 4.80. The van der Waals surface area contributed by atoms with Crippen molar-refractivity contribution in [2.45, 2.75) is 6.42 Å². The normalized spacial score (nSPS) is 19.0. The van der Waals surface area contributed by atoms with E-state index < -0.39 is 0 Å². The highest BCUT2D eigenvalue weighted by molar-refractivity contribution is 8.18. The van der Waals surface area contributed by atoms with Gasteiger partial charge in [-0.25, -0.2) is 0 Å². The van der Waals surface area contributed by atoms with Crippen molar-refractivity contribution < 1.29 is 4.79 Å². The first-order valence-electron chi connectivity index (χ1n) is 4.04. The summed E-state index contributed by atoms with van der Waals surface area (Å²) in [5.74, 6) is -0.218. The molecule has 72 valence electrons. The van der Waals surface area contributed by atoms with Crippen molar-refractivity contribution in [3.63, 3.8) is 0 Å². The molecule has 3 nitrogen and oxygen atoms in total. The summed E-state index contributed by atoms with van der Waals surface area (Å²) in [4.78, 5) is 16.7. The lowest BCUT2D eigenvalue weighted by atomic mass is 10.3. The fraction of sp³-hybridized carbons (Fsp3) is 0.111. The molecule has 2 rings (SSSR count). The summed E-state index contributed by atoms with van der Waals surface area (Å²) in [7, 11) is 0. The second kappa shape index (κ2) is 3.98. The Morgan fingerprint density at radius 3 is 3.00 bits per heavy atom. The topological polar surface area (TPSA) is 55.4 Å². The van der Waals surface area contributed by atoms with Gasteiger partial charge in [-0.2, -0.15) is 4.99 Å². The number of rotatable bonds is 2. The van der Waals surface area contributed by atoms with Gasteiger partial charge in [-0.3, -0.25) is 4.79 Å². The number of allylic oxidation sites excluding steroid dienone is 1. The molecule has 0 radical (unpaired) electrons. The lowest BCUT2D eigenvalue weighted by Gasteiger charge is -1.91. The smallest absolute Gasteiger partial charge is 0.285 e. The number of amidine groups is 1. The Hall–Kier alpha value is -1.07. The summed E-state index contributed by atoms with van der Waals surface area (Å²) in [5.41, 5.74) is 5.42. The van der Waals surface area contributed by atoms with Crippen LogP contribution in [0.5, 0.6) is 0 Å². The maximum atomic E-state index is 11.2. The van der Waals surface area contributed by atoms with Gasteiger partial charge in [0.2, 0.25) is 0 Å². The van der Waals surface area contributed by atoms with Crippen LogP contribution in [0.15, 0.2) is 33.5 Å². The zero-order valence-electron chi connectivity index (χ0n) is 7.27. The Morgan fingerprint density at radius 1 is 1.57 bits per heavy atom. The molecule has 0 aliphatic carbocycles. The number of carbonyl (C=O) groups is 1. The van der Waals surface area contributed by atoms with Crippen LogP contribution in [0, 0.1) is 0 Å². The minimum atomic E-state index is -0.218. The van der Waals surface area contributed by atoms with Crippen LogP contribution in [0.25, 0.3) is 0 Å². The van der Waals surface area contributed by atoms with Gasteiger partial charge < -0.3 is 5.73 Å². The lowest BCUT2D eigenvalue weighted by Crippen LogP contribution is -2.01. The average Bonchev–Trinajstić information content (AvgIpc) is 2.72. The number of amides is 1. The minimum Gasteiger partial charge on any atom is -0.378 e. The summed E-state index contributed by atoms with van der Waals surface area (Å²) < 4.78 is 0. The first kappa shape index (κ1) is 9.48. The van der Waals surface area contributed by atoms with E-state index in [2.05, 4.69) is 4.99 Å². The Balaban J connectivity index is 2.04. The number of hydrogen-bond donors (Lipinski definition) is 1. The van der Waals surface area contributed by atoms with E-state index in [1.165, 1.54) is 16.6 Å². The van der Waals surface area contributed by atoms with Crippen LogP contribution in [-0.4, -0.2) is 11.1 Å². The van der Waals surface area contributed by atoms with E-state index >= 15 is 0 Å². The molecule has 2 heterocycles. The van der Waals surface area contributed by atoms with Gasteiger partial charge >= 0.3 is 0 Å². The third-order valence-corrected chi connectivity index (χ3v) is 3.47. The maximum absolute atomic E-state index is 11.2. The highest BCUT2D eigenvalue weighted by Gasteiger charge is 2.18. The number of carbonyl (C=O) groups excluding carboxylic acids is 1. The monoisotopic (exact) mass is 224 g/mol. The van der Waals surface area contributed by atoms with Crippen LogP contribution < -0.4 is 5.73 Å². The molecule has 2 N–H and O–H groups in total. The summed E-state index contributed by atoms with van der Waals surface area (Å²) in [5, 5.41) is 2.36. The molecule has 0 saturated heterocycles. The van der Waals surface area contributed by atoms with Crippen molar-refractivity contribution in [1.29, 1.82) is 0 Å². The molecule has 1 aromatic rings. The van der Waals surface area contributed by atoms with Crippen LogP contribution in [0.2, 0.25) is 0 Å². The Morgan fingerprint density at radius 2 is 2.43 bits per heavy atom. The van der Waals surface area contributed by atoms with Crippen LogP contribution in [0.4, 0.5) is 0 Å². The molecular weight excluding hydrogens is 216 g/mol. The Kier molecular flexibility index (Phi) is 2.69. The van der Waals surface area contributed by atoms with E-state index in [-0.39, 0.29) is 5.91 Å². The summed E-state index contributed by atoms with van der Waals surface area (Å²) in [6, 6.07) is 4.03. The quantitative estimate of drug-likeness (QED) is 0.779. The molecule has 0 saturated carbocycles. The molecule has 14 heavy (non-hydrogen) atoms. The minimum absolute atomic E-state index is 0.218. The molecule has 1 aromatic heterocycles. The standard InChI is InChI=1S/C9H8N2OS2/c10-9-11-8(12)7(14-9)4-3-6-2-1-5-13-6/h1-2,4-5H,3H2,(H2,10,11,12). The van der Waals surface area contributed by atoms with Crippen LogP contribution >= 0.6 is 23.1 Å². The van der Waals surface area contributed by atoms with E-state index in [9.17, 15) is 4.79 Å². The van der Waals surface area contributed by atoms with Gasteiger partial charge in [0.25, 0.3) is 5.91 Å². The number of aliphatic imine (C=N–C) groups is 1. The van der Waals surface area contributed by atoms with Crippen LogP contribution in [0.3, 0.4) is 0 Å². The van der Waals surface area contributed by atoms with Gasteiger partial charge in [0.15, 0.2) is 5.17 Å². The van der Waals surface area contributed by atoms with Gasteiger partial charge in [0.1, 0.15) is 0 Å². The number of nitrogens with zero attached hydrogens (tertiary/aromatic N) is 1. The first-order chi connectivity index (χ1) is 6.75. The predicted octanol–water partition coefficient (Wildman–Crippen LogP) is 1.76. The van der Waals surface area contributed by atoms with Gasteiger partial charge in [-0.1, -0.05) is 12.1 Å². The van der Waals surface area contributed by atoms with Crippen molar-refractivity contribution in [3.8, 4) is 0 Å². The molecular formula is C9H8N2OS2. The van der Waals surface area contributed by atoms with Gasteiger partial charge in [-0.05, 0) is 23.2 Å². The molecule has 1 amide bonds. The Bertz CT molecular complexity index is 406. The van der Waals surface area contributed by atoms with E-state index in [0.717, 1.165) is 6.42 Å². The van der Waals surface area contributed by atoms with E-state index in [1.807, 2.05) is 23.6 Å². The summed E-state index contributed by atoms with van der Waals surface area (Å²) >= 11 is 2.91. The number of thioether (sulfide) groups is 1. The summed E-state index contributed by atoms with van der Waals surface area (Å²) in [6.07, 6.45) is 2.65. The lowest BCUT2D eigenvalue weighted by molar-refractivity contribution is -0.113. The highest BCUT2D eigenvalue weighted by atomic mass is 32.2. The van der Waals surface area contributed by atoms with Crippen molar-refractivity contribution in [3.05, 3.63) is 33.4 Å². The number of nitrogens with two attached hydrogens (primary N) is 1. The van der Waals surface area contributed by atoms with Gasteiger partial charge in [0, 0.05) is 11.3 Å². The van der Waals surface area contributed by atoms with Crippen LogP contribution in [0.1, 0.15) is 4.88 Å². The molecule has 0 unspecified atom stereocenters. The second-order valence-electron chi connectivity index (χ2n) is 2.71. The average molecular weight is 224 g/mol. The molecule has 5 heteroatoms. The molecule has 0 fully saturated rings. The third-order valence-electron chi connectivity index (χ3n) is 1.71. The molecule has 0 aromatic carbocycles. The van der Waals surface area contributed by atoms with Crippen molar-refractivity contribution >= 4 is 34.2 Å². The third kappa shape index (κ3) is 2.05. The molecule has 1 aliphatic rings. The van der Waals surface area contributed by atoms with E-state index in [1.54, 1.807) is 11.3 Å². The molecule has 1 aliphatic heterocycles. The van der Waals surface area contributed by atoms with Crippen molar-refractivity contribution in [2.24, 2.45) is 10.7 Å². The van der Waals surface area contributed by atoms with Gasteiger partial charge in [-0.15, -0.1) is 11.3 Å². The highest BCUT2D eigenvalue weighted by Crippen LogP contribution is 2.24. The van der Waals surface area contributed by atoms with Crippen molar-refractivity contribution in [2.75, 3.05) is 0 Å². The number of thiophene rings is 1.